The molecular weight excluding hydrogens is 356 g/mol. The second-order valence-electron chi connectivity index (χ2n) is 5.48. The van der Waals surface area contributed by atoms with E-state index in [0.29, 0.717) is 5.69 Å². The summed E-state index contributed by atoms with van der Waals surface area (Å²) in [5.41, 5.74) is 3.52. The van der Waals surface area contributed by atoms with E-state index in [0.717, 1.165) is 21.3 Å². The number of para-hydroxylation sites is 1. The van der Waals surface area contributed by atoms with E-state index in [2.05, 4.69) is 21.2 Å². The average Bonchev–Trinajstić information content (AvgIpc) is 2.46. The number of nitrogens with zero attached hydrogens (tertiary/aromatic N) is 1. The number of benzene rings is 2. The van der Waals surface area contributed by atoms with Crippen molar-refractivity contribution in [2.24, 2.45) is 0 Å². The zero-order valence-corrected chi connectivity index (χ0v) is 15.0. The molecule has 2 rings (SSSR count). The SMILES string of the molecule is CC(=O)N(CC(=O)Nc1ccccc1Br)c1cc(C)cc(C)c1. The van der Waals surface area contributed by atoms with Crippen LogP contribution in [0, 0.1) is 13.8 Å². The highest BCUT2D eigenvalue weighted by Gasteiger charge is 2.17. The van der Waals surface area contributed by atoms with Crippen LogP contribution in [0.25, 0.3) is 0 Å². The summed E-state index contributed by atoms with van der Waals surface area (Å²) < 4.78 is 0.800. The predicted molar refractivity (Wildman–Crippen MR) is 96.7 cm³/mol. The van der Waals surface area contributed by atoms with Crippen molar-refractivity contribution in [3.8, 4) is 0 Å². The Morgan fingerprint density at radius 1 is 1.09 bits per heavy atom. The Morgan fingerprint density at radius 2 is 1.70 bits per heavy atom. The van der Waals surface area contributed by atoms with Gasteiger partial charge < -0.3 is 10.2 Å². The summed E-state index contributed by atoms with van der Waals surface area (Å²) in [4.78, 5) is 25.7. The van der Waals surface area contributed by atoms with Crippen molar-refractivity contribution in [2.75, 3.05) is 16.8 Å². The number of rotatable bonds is 4. The summed E-state index contributed by atoms with van der Waals surface area (Å²) in [6, 6.07) is 13.2. The summed E-state index contributed by atoms with van der Waals surface area (Å²) in [6.07, 6.45) is 0. The number of halogens is 1. The molecule has 0 saturated carbocycles. The number of anilines is 2. The molecule has 2 amide bonds. The molecule has 0 aliphatic heterocycles. The molecule has 2 aromatic carbocycles. The second-order valence-corrected chi connectivity index (χ2v) is 6.33. The molecule has 2 aromatic rings. The van der Waals surface area contributed by atoms with Crippen LogP contribution in [0.3, 0.4) is 0 Å². The molecule has 0 atom stereocenters. The zero-order valence-electron chi connectivity index (χ0n) is 13.4. The fourth-order valence-corrected chi connectivity index (χ4v) is 2.77. The highest BCUT2D eigenvalue weighted by molar-refractivity contribution is 9.10. The molecule has 23 heavy (non-hydrogen) atoms. The highest BCUT2D eigenvalue weighted by atomic mass is 79.9. The third kappa shape index (κ3) is 4.66. The van der Waals surface area contributed by atoms with E-state index in [1.165, 1.54) is 11.8 Å². The standard InChI is InChI=1S/C18H19BrN2O2/c1-12-8-13(2)10-15(9-12)21(14(3)22)11-18(23)20-17-7-5-4-6-16(17)19/h4-10H,11H2,1-3H3,(H,20,23). The van der Waals surface area contributed by atoms with E-state index in [-0.39, 0.29) is 18.4 Å². The van der Waals surface area contributed by atoms with Crippen LogP contribution < -0.4 is 10.2 Å². The Bertz CT molecular complexity index is 723. The van der Waals surface area contributed by atoms with Crippen molar-refractivity contribution in [1.29, 1.82) is 0 Å². The quantitative estimate of drug-likeness (QED) is 0.876. The normalized spacial score (nSPS) is 10.3. The third-order valence-electron chi connectivity index (χ3n) is 3.35. The highest BCUT2D eigenvalue weighted by Crippen LogP contribution is 2.22. The van der Waals surface area contributed by atoms with Crippen LogP contribution in [-0.2, 0) is 9.59 Å². The maximum atomic E-state index is 12.3. The van der Waals surface area contributed by atoms with E-state index in [9.17, 15) is 9.59 Å². The number of aryl methyl sites for hydroxylation is 2. The Hall–Kier alpha value is -2.14. The van der Waals surface area contributed by atoms with Gasteiger partial charge in [-0.15, -0.1) is 0 Å². The first kappa shape index (κ1) is 17.2. The van der Waals surface area contributed by atoms with Crippen LogP contribution in [0.2, 0.25) is 0 Å². The average molecular weight is 375 g/mol. The molecule has 0 fully saturated rings. The van der Waals surface area contributed by atoms with Gasteiger partial charge in [0.2, 0.25) is 11.8 Å². The van der Waals surface area contributed by atoms with Crippen molar-refractivity contribution in [3.05, 3.63) is 58.1 Å². The minimum atomic E-state index is -0.244. The minimum Gasteiger partial charge on any atom is -0.324 e. The van der Waals surface area contributed by atoms with E-state index in [4.69, 9.17) is 0 Å². The molecule has 5 heteroatoms. The van der Waals surface area contributed by atoms with Crippen LogP contribution in [0.1, 0.15) is 18.1 Å². The van der Waals surface area contributed by atoms with Gasteiger partial charge in [-0.3, -0.25) is 9.59 Å². The van der Waals surface area contributed by atoms with Gasteiger partial charge in [-0.05, 0) is 65.2 Å². The topological polar surface area (TPSA) is 49.4 Å². The van der Waals surface area contributed by atoms with Crippen LogP contribution in [0.4, 0.5) is 11.4 Å². The lowest BCUT2D eigenvalue weighted by molar-refractivity contribution is -0.120. The first-order valence-electron chi connectivity index (χ1n) is 7.27. The van der Waals surface area contributed by atoms with Gasteiger partial charge in [0.25, 0.3) is 0 Å². The van der Waals surface area contributed by atoms with Crippen LogP contribution in [0.15, 0.2) is 46.9 Å². The largest absolute Gasteiger partial charge is 0.324 e. The van der Waals surface area contributed by atoms with Crippen LogP contribution >= 0.6 is 15.9 Å². The van der Waals surface area contributed by atoms with Gasteiger partial charge in [0.15, 0.2) is 0 Å². The monoisotopic (exact) mass is 374 g/mol. The molecule has 0 spiro atoms. The van der Waals surface area contributed by atoms with Gasteiger partial charge >= 0.3 is 0 Å². The van der Waals surface area contributed by atoms with Gasteiger partial charge in [-0.1, -0.05) is 18.2 Å². The summed E-state index contributed by atoms with van der Waals surface area (Å²) in [7, 11) is 0. The molecule has 0 radical (unpaired) electrons. The zero-order chi connectivity index (χ0) is 17.0. The second kappa shape index (κ2) is 7.42. The predicted octanol–water partition coefficient (Wildman–Crippen LogP) is 4.06. The number of nitrogens with one attached hydrogen (secondary N) is 1. The van der Waals surface area contributed by atoms with Crippen molar-refractivity contribution in [2.45, 2.75) is 20.8 Å². The van der Waals surface area contributed by atoms with E-state index in [1.807, 2.05) is 50.2 Å². The van der Waals surface area contributed by atoms with Gasteiger partial charge in [-0.2, -0.15) is 0 Å². The van der Waals surface area contributed by atoms with E-state index in [1.54, 1.807) is 6.07 Å². The van der Waals surface area contributed by atoms with Gasteiger partial charge in [0.1, 0.15) is 6.54 Å². The fourth-order valence-electron chi connectivity index (χ4n) is 2.39. The molecule has 0 aliphatic rings. The maximum absolute atomic E-state index is 12.3. The fraction of sp³-hybridized carbons (Fsp3) is 0.222. The maximum Gasteiger partial charge on any atom is 0.244 e. The molecule has 4 nitrogen and oxygen atoms in total. The Morgan fingerprint density at radius 3 is 2.26 bits per heavy atom. The molecule has 0 aromatic heterocycles. The lowest BCUT2D eigenvalue weighted by Gasteiger charge is -2.22. The summed E-state index contributed by atoms with van der Waals surface area (Å²) in [5, 5.41) is 2.81. The van der Waals surface area contributed by atoms with Crippen LogP contribution in [0.5, 0.6) is 0 Å². The molecule has 120 valence electrons. The number of hydrogen-bond acceptors (Lipinski definition) is 2. The van der Waals surface area contributed by atoms with Gasteiger partial charge in [0.05, 0.1) is 5.69 Å². The number of carbonyl (C=O) groups excluding carboxylic acids is 2. The summed E-state index contributed by atoms with van der Waals surface area (Å²) in [6.45, 7) is 5.37. The molecule has 0 unspecified atom stereocenters. The molecule has 0 saturated heterocycles. The first-order valence-corrected chi connectivity index (χ1v) is 8.07. The van der Waals surface area contributed by atoms with Gasteiger partial charge in [0, 0.05) is 17.1 Å². The summed E-state index contributed by atoms with van der Waals surface area (Å²) >= 11 is 3.39. The number of carbonyl (C=O) groups is 2. The third-order valence-corrected chi connectivity index (χ3v) is 4.04. The lowest BCUT2D eigenvalue weighted by Crippen LogP contribution is -2.36. The molecule has 0 aliphatic carbocycles. The van der Waals surface area contributed by atoms with Crippen molar-refractivity contribution in [1.82, 2.24) is 0 Å². The van der Waals surface area contributed by atoms with E-state index >= 15 is 0 Å². The molecular formula is C18H19BrN2O2. The molecule has 0 bridgehead atoms. The first-order chi connectivity index (χ1) is 10.9. The Labute approximate surface area is 144 Å². The van der Waals surface area contributed by atoms with E-state index < -0.39 is 0 Å². The number of hydrogen-bond donors (Lipinski definition) is 1. The Kier molecular flexibility index (Phi) is 5.55. The Balaban J connectivity index is 2.18. The lowest BCUT2D eigenvalue weighted by atomic mass is 10.1. The van der Waals surface area contributed by atoms with Crippen molar-refractivity contribution in [3.63, 3.8) is 0 Å². The van der Waals surface area contributed by atoms with Gasteiger partial charge in [-0.25, -0.2) is 0 Å². The smallest absolute Gasteiger partial charge is 0.244 e. The molecule has 1 N–H and O–H groups in total. The van der Waals surface area contributed by atoms with Crippen LogP contribution in [-0.4, -0.2) is 18.4 Å². The van der Waals surface area contributed by atoms with Crippen molar-refractivity contribution < 1.29 is 9.59 Å². The molecule has 0 heterocycles. The number of amides is 2. The summed E-state index contributed by atoms with van der Waals surface area (Å²) in [5.74, 6) is -0.413. The minimum absolute atomic E-state index is 0.0282. The van der Waals surface area contributed by atoms with Crippen molar-refractivity contribution >= 4 is 39.1 Å².